The second kappa shape index (κ2) is 13.8. The summed E-state index contributed by atoms with van der Waals surface area (Å²) in [6, 6.07) is 6.21. The Labute approximate surface area is 198 Å². The number of amides is 3. The maximum absolute atomic E-state index is 13.0. The van der Waals surface area contributed by atoms with Crippen molar-refractivity contribution in [3.05, 3.63) is 35.9 Å². The van der Waals surface area contributed by atoms with Crippen LogP contribution in [-0.4, -0.2) is 57.4 Å². The number of nitrogens with zero attached hydrogens (tertiary/aromatic N) is 1. The van der Waals surface area contributed by atoms with E-state index in [9.17, 15) is 23.7 Å². The summed E-state index contributed by atoms with van der Waals surface area (Å²) in [7, 11) is 0. The van der Waals surface area contributed by atoms with Crippen molar-refractivity contribution in [2.45, 2.75) is 65.8 Å². The van der Waals surface area contributed by atoms with Gasteiger partial charge in [0.15, 0.2) is 6.04 Å². The van der Waals surface area contributed by atoms with E-state index in [1.165, 1.54) is 13.2 Å². The third-order valence-corrected chi connectivity index (χ3v) is 5.71. The van der Waals surface area contributed by atoms with Crippen molar-refractivity contribution in [2.75, 3.05) is 6.26 Å². The van der Waals surface area contributed by atoms with Gasteiger partial charge in [-0.25, -0.2) is 4.79 Å². The Hall–Kier alpha value is -2.59. The van der Waals surface area contributed by atoms with Gasteiger partial charge in [0.1, 0.15) is 25.2 Å². The van der Waals surface area contributed by atoms with E-state index in [2.05, 4.69) is 10.6 Å². The van der Waals surface area contributed by atoms with E-state index in [0.717, 1.165) is 9.87 Å². The molecule has 184 valence electrons. The molecule has 0 saturated heterocycles. The third kappa shape index (κ3) is 9.43. The van der Waals surface area contributed by atoms with Crippen LogP contribution in [0.15, 0.2) is 30.3 Å². The molecule has 0 radical (unpaired) electrons. The van der Waals surface area contributed by atoms with E-state index in [-0.39, 0.29) is 12.5 Å². The van der Waals surface area contributed by atoms with Gasteiger partial charge in [-0.05, 0) is 30.7 Å². The molecule has 1 rings (SSSR count). The minimum atomic E-state index is -1.85. The van der Waals surface area contributed by atoms with Crippen LogP contribution in [0.2, 0.25) is 0 Å². The predicted molar refractivity (Wildman–Crippen MR) is 126 cm³/mol. The molecule has 4 atom stereocenters. The van der Waals surface area contributed by atoms with Crippen LogP contribution >= 0.6 is 0 Å². The number of carbonyl (C=O) groups is 4. The summed E-state index contributed by atoms with van der Waals surface area (Å²) in [6.45, 7) is 8.69. The van der Waals surface area contributed by atoms with Gasteiger partial charge in [-0.3, -0.25) is 9.59 Å². The fraction of sp³-hybridized carbons (Fsp3) is 0.565. The lowest BCUT2D eigenvalue weighted by atomic mass is 10.0. The SMILES string of the molecule is CC(C)C[C@@H](C=O)NC(=O)[C@H](C)NC(=O)[C@H](C(C)C)N(C(=O)OCc1ccccc1)[S+](C)[O-]. The Kier molecular flexibility index (Phi) is 11.9. The topological polar surface area (TPSA) is 128 Å². The van der Waals surface area contributed by atoms with Crippen molar-refractivity contribution in [1.82, 2.24) is 14.9 Å². The highest BCUT2D eigenvalue weighted by Gasteiger charge is 2.41. The first-order chi connectivity index (χ1) is 15.5. The summed E-state index contributed by atoms with van der Waals surface area (Å²) >= 11 is -1.85. The quantitative estimate of drug-likeness (QED) is 0.348. The molecule has 0 spiro atoms. The van der Waals surface area contributed by atoms with Crippen LogP contribution in [0.4, 0.5) is 4.79 Å². The summed E-state index contributed by atoms with van der Waals surface area (Å²) in [5.74, 6) is -1.40. The van der Waals surface area contributed by atoms with Crippen molar-refractivity contribution in [2.24, 2.45) is 11.8 Å². The van der Waals surface area contributed by atoms with Crippen molar-refractivity contribution in [1.29, 1.82) is 0 Å². The van der Waals surface area contributed by atoms with E-state index in [1.54, 1.807) is 38.1 Å². The first-order valence-electron chi connectivity index (χ1n) is 10.9. The Balaban J connectivity index is 2.89. The zero-order chi connectivity index (χ0) is 25.1. The van der Waals surface area contributed by atoms with E-state index in [4.69, 9.17) is 4.74 Å². The minimum absolute atomic E-state index is 0.0401. The predicted octanol–water partition coefficient (Wildman–Crippen LogP) is 2.18. The molecule has 1 aromatic carbocycles. The summed E-state index contributed by atoms with van der Waals surface area (Å²) in [6.07, 6.45) is 1.51. The van der Waals surface area contributed by atoms with Gasteiger partial charge in [-0.15, -0.1) is 4.31 Å². The Morgan fingerprint density at radius 3 is 2.15 bits per heavy atom. The van der Waals surface area contributed by atoms with E-state index in [1.807, 2.05) is 19.9 Å². The van der Waals surface area contributed by atoms with Gasteiger partial charge in [-0.2, -0.15) is 0 Å². The van der Waals surface area contributed by atoms with E-state index in [0.29, 0.717) is 12.7 Å². The lowest BCUT2D eigenvalue weighted by Crippen LogP contribution is -2.58. The molecule has 10 heteroatoms. The number of aldehydes is 1. The minimum Gasteiger partial charge on any atom is -0.593 e. The fourth-order valence-corrected chi connectivity index (χ4v) is 4.09. The molecular weight excluding hydrogens is 446 g/mol. The standard InChI is InChI=1S/C23H35N3O6S/c1-15(2)12-19(13-27)25-21(28)17(5)24-22(29)20(16(3)4)26(33(6)31)23(30)32-14-18-10-8-7-9-11-18/h7-11,13,15-17,19-20H,12,14H2,1-6H3,(H,24,29)(H,25,28)/t17-,19-,20-,33?/m0/s1. The van der Waals surface area contributed by atoms with E-state index < -0.39 is 53.3 Å². The highest BCUT2D eigenvalue weighted by molar-refractivity contribution is 7.88. The van der Waals surface area contributed by atoms with Gasteiger partial charge in [0.25, 0.3) is 0 Å². The van der Waals surface area contributed by atoms with Crippen LogP contribution in [0.5, 0.6) is 0 Å². The number of carbonyl (C=O) groups excluding carboxylic acids is 4. The molecule has 0 aliphatic rings. The molecule has 0 aliphatic carbocycles. The van der Waals surface area contributed by atoms with Crippen molar-refractivity contribution >= 4 is 35.6 Å². The summed E-state index contributed by atoms with van der Waals surface area (Å²) in [5.41, 5.74) is 0.745. The van der Waals surface area contributed by atoms with Gasteiger partial charge >= 0.3 is 6.09 Å². The number of hydrogen-bond donors (Lipinski definition) is 2. The van der Waals surface area contributed by atoms with Gasteiger partial charge in [0.2, 0.25) is 11.8 Å². The third-order valence-electron chi connectivity index (χ3n) is 4.78. The molecule has 2 N–H and O–H groups in total. The number of nitrogens with one attached hydrogen (secondary N) is 2. The Morgan fingerprint density at radius 1 is 1.06 bits per heavy atom. The zero-order valence-corrected chi connectivity index (χ0v) is 20.9. The first kappa shape index (κ1) is 28.4. The molecule has 3 amide bonds. The van der Waals surface area contributed by atoms with Crippen molar-refractivity contribution in [3.63, 3.8) is 0 Å². The number of rotatable bonds is 12. The van der Waals surface area contributed by atoms with Crippen LogP contribution in [0.3, 0.4) is 0 Å². The maximum atomic E-state index is 13.0. The van der Waals surface area contributed by atoms with Crippen LogP contribution < -0.4 is 10.6 Å². The fourth-order valence-electron chi connectivity index (χ4n) is 3.17. The largest absolute Gasteiger partial charge is 0.593 e. The normalized spacial score (nSPS) is 14.7. The smallest absolute Gasteiger partial charge is 0.452 e. The zero-order valence-electron chi connectivity index (χ0n) is 20.1. The molecule has 33 heavy (non-hydrogen) atoms. The first-order valence-corrected chi connectivity index (χ1v) is 12.4. The van der Waals surface area contributed by atoms with Gasteiger partial charge < -0.3 is 24.7 Å². The van der Waals surface area contributed by atoms with Crippen molar-refractivity contribution < 1.29 is 28.5 Å². The van der Waals surface area contributed by atoms with Gasteiger partial charge in [0, 0.05) is 0 Å². The molecule has 0 bridgehead atoms. The van der Waals surface area contributed by atoms with Crippen LogP contribution in [-0.2, 0) is 37.1 Å². The summed E-state index contributed by atoms with van der Waals surface area (Å²) in [5, 5.41) is 5.15. The van der Waals surface area contributed by atoms with Crippen LogP contribution in [0.25, 0.3) is 0 Å². The average Bonchev–Trinajstić information content (AvgIpc) is 2.74. The van der Waals surface area contributed by atoms with Gasteiger partial charge in [0.05, 0.1) is 17.4 Å². The van der Waals surface area contributed by atoms with Gasteiger partial charge in [-0.1, -0.05) is 58.0 Å². The molecule has 1 aromatic rings. The Bertz CT molecular complexity index is 788. The van der Waals surface area contributed by atoms with Crippen molar-refractivity contribution in [3.8, 4) is 0 Å². The van der Waals surface area contributed by atoms with Crippen LogP contribution in [0.1, 0.15) is 46.6 Å². The highest BCUT2D eigenvalue weighted by atomic mass is 32.2. The molecule has 0 fully saturated rings. The molecule has 1 unspecified atom stereocenters. The number of benzene rings is 1. The number of ether oxygens (including phenoxy) is 1. The second-order valence-corrected chi connectivity index (χ2v) is 9.83. The summed E-state index contributed by atoms with van der Waals surface area (Å²) in [4.78, 5) is 49.4. The molecule has 0 aromatic heterocycles. The Morgan fingerprint density at radius 2 is 1.67 bits per heavy atom. The average molecular weight is 482 g/mol. The lowest BCUT2D eigenvalue weighted by Gasteiger charge is -2.31. The maximum Gasteiger partial charge on any atom is 0.452 e. The molecule has 0 aliphatic heterocycles. The second-order valence-electron chi connectivity index (χ2n) is 8.59. The number of hydrogen-bond acceptors (Lipinski definition) is 6. The van der Waals surface area contributed by atoms with Crippen LogP contribution in [0, 0.1) is 11.8 Å². The molecule has 0 heterocycles. The molecular formula is C23H35N3O6S. The molecule has 0 saturated carbocycles. The summed E-state index contributed by atoms with van der Waals surface area (Å²) < 4.78 is 18.6. The lowest BCUT2D eigenvalue weighted by molar-refractivity contribution is -0.132. The van der Waals surface area contributed by atoms with E-state index >= 15 is 0 Å². The highest BCUT2D eigenvalue weighted by Crippen LogP contribution is 2.18. The molecule has 9 nitrogen and oxygen atoms in total. The monoisotopic (exact) mass is 481 g/mol.